The van der Waals surface area contributed by atoms with Gasteiger partial charge in [-0.3, -0.25) is 4.98 Å². The van der Waals surface area contributed by atoms with Crippen LogP contribution in [0.4, 0.5) is 0 Å². The van der Waals surface area contributed by atoms with Crippen LogP contribution >= 0.6 is 0 Å². The molecule has 0 unspecified atom stereocenters. The van der Waals surface area contributed by atoms with Gasteiger partial charge in [-0.15, -0.1) is 0 Å². The minimum Gasteiger partial charge on any atom is -0.386 e. The standard InChI is InChI=1S/C12H21NO2Si/c1-14-16(3,15-2)13-11-7-10-12-8-5-4-6-9-12/h4-6,8-9,13H,7,10-11H2,1-3H3. The molecule has 1 aromatic carbocycles. The number of aryl methyl sites for hydroxylation is 1. The van der Waals surface area contributed by atoms with Crippen molar-refractivity contribution in [3.8, 4) is 0 Å². The average molecular weight is 239 g/mol. The molecule has 0 heterocycles. The fraction of sp³-hybridized carbons (Fsp3) is 0.500. The van der Waals surface area contributed by atoms with Gasteiger partial charge in [-0.1, -0.05) is 30.3 Å². The maximum atomic E-state index is 5.34. The smallest absolute Gasteiger partial charge is 0.386 e. The van der Waals surface area contributed by atoms with Gasteiger partial charge in [0.25, 0.3) is 0 Å². The molecule has 0 aromatic heterocycles. The highest BCUT2D eigenvalue weighted by atomic mass is 28.4. The van der Waals surface area contributed by atoms with Crippen LogP contribution in [0.3, 0.4) is 0 Å². The summed E-state index contributed by atoms with van der Waals surface area (Å²) in [5.41, 5.74) is 1.38. The minimum absolute atomic E-state index is 0.930. The SMILES string of the molecule is CO[Si](C)(NCCCc1ccccc1)OC. The molecule has 90 valence electrons. The molecule has 0 bridgehead atoms. The molecular formula is C12H21NO2Si. The zero-order chi connectivity index (χ0) is 11.9. The lowest BCUT2D eigenvalue weighted by molar-refractivity contribution is 0.235. The summed E-state index contributed by atoms with van der Waals surface area (Å²) >= 11 is 0. The Balaban J connectivity index is 2.22. The predicted molar refractivity (Wildman–Crippen MR) is 68.4 cm³/mol. The molecule has 0 aliphatic rings. The summed E-state index contributed by atoms with van der Waals surface area (Å²) < 4.78 is 10.7. The molecule has 0 saturated carbocycles. The molecule has 0 radical (unpaired) electrons. The van der Waals surface area contributed by atoms with Crippen molar-refractivity contribution < 1.29 is 8.85 Å². The monoisotopic (exact) mass is 239 g/mol. The molecule has 0 saturated heterocycles. The minimum atomic E-state index is -2.09. The zero-order valence-electron chi connectivity index (χ0n) is 10.3. The normalized spacial score (nSPS) is 11.7. The quantitative estimate of drug-likeness (QED) is 0.584. The summed E-state index contributed by atoms with van der Waals surface area (Å²) in [5, 5.41) is 0. The Morgan fingerprint density at radius 3 is 2.31 bits per heavy atom. The van der Waals surface area contributed by atoms with Gasteiger partial charge >= 0.3 is 8.72 Å². The molecule has 0 aliphatic carbocycles. The van der Waals surface area contributed by atoms with Crippen molar-refractivity contribution in [2.24, 2.45) is 0 Å². The Morgan fingerprint density at radius 1 is 1.12 bits per heavy atom. The highest BCUT2D eigenvalue weighted by Crippen LogP contribution is 2.03. The van der Waals surface area contributed by atoms with Crippen molar-refractivity contribution >= 4 is 8.72 Å². The van der Waals surface area contributed by atoms with Gasteiger partial charge in [-0.25, -0.2) is 0 Å². The second kappa shape index (κ2) is 6.80. The van der Waals surface area contributed by atoms with Crippen molar-refractivity contribution in [2.45, 2.75) is 19.4 Å². The number of nitrogens with one attached hydrogen (secondary N) is 1. The fourth-order valence-corrected chi connectivity index (χ4v) is 2.57. The van der Waals surface area contributed by atoms with Crippen LogP contribution in [0.2, 0.25) is 6.55 Å². The van der Waals surface area contributed by atoms with E-state index in [0.29, 0.717) is 0 Å². The molecule has 0 fully saturated rings. The van der Waals surface area contributed by atoms with Crippen LogP contribution in [0.1, 0.15) is 12.0 Å². The first-order valence-electron chi connectivity index (χ1n) is 5.59. The van der Waals surface area contributed by atoms with E-state index in [1.54, 1.807) is 14.2 Å². The van der Waals surface area contributed by atoms with E-state index >= 15 is 0 Å². The van der Waals surface area contributed by atoms with Crippen LogP contribution in [0.25, 0.3) is 0 Å². The highest BCUT2D eigenvalue weighted by molar-refractivity contribution is 6.63. The summed E-state index contributed by atoms with van der Waals surface area (Å²) in [6.45, 7) is 2.94. The van der Waals surface area contributed by atoms with Gasteiger partial charge in [-0.05, 0) is 31.5 Å². The predicted octanol–water partition coefficient (Wildman–Crippen LogP) is 2.07. The van der Waals surface area contributed by atoms with Gasteiger partial charge < -0.3 is 8.85 Å². The van der Waals surface area contributed by atoms with E-state index in [0.717, 1.165) is 19.4 Å². The van der Waals surface area contributed by atoms with Gasteiger partial charge in [0.1, 0.15) is 0 Å². The highest BCUT2D eigenvalue weighted by Gasteiger charge is 2.28. The van der Waals surface area contributed by atoms with Crippen molar-refractivity contribution in [1.29, 1.82) is 0 Å². The Morgan fingerprint density at radius 2 is 1.75 bits per heavy atom. The van der Waals surface area contributed by atoms with E-state index in [-0.39, 0.29) is 0 Å². The molecule has 0 aliphatic heterocycles. The van der Waals surface area contributed by atoms with Gasteiger partial charge in [-0.2, -0.15) is 0 Å². The molecule has 0 amide bonds. The first-order valence-corrected chi connectivity index (χ1v) is 7.91. The van der Waals surface area contributed by atoms with Crippen molar-refractivity contribution in [1.82, 2.24) is 4.98 Å². The average Bonchev–Trinajstić information content (AvgIpc) is 2.36. The number of benzene rings is 1. The van der Waals surface area contributed by atoms with Crippen LogP contribution in [-0.2, 0) is 15.3 Å². The van der Waals surface area contributed by atoms with E-state index in [4.69, 9.17) is 8.85 Å². The first kappa shape index (κ1) is 13.4. The van der Waals surface area contributed by atoms with Crippen molar-refractivity contribution in [2.75, 3.05) is 20.8 Å². The summed E-state index contributed by atoms with van der Waals surface area (Å²) in [6.07, 6.45) is 2.19. The Kier molecular flexibility index (Phi) is 5.69. The summed E-state index contributed by atoms with van der Waals surface area (Å²) in [5.74, 6) is 0. The second-order valence-corrected chi connectivity index (χ2v) is 6.93. The summed E-state index contributed by atoms with van der Waals surface area (Å²) in [7, 11) is 1.30. The number of hydrogen-bond donors (Lipinski definition) is 1. The summed E-state index contributed by atoms with van der Waals surface area (Å²) in [6, 6.07) is 10.5. The van der Waals surface area contributed by atoms with E-state index in [1.165, 1.54) is 5.56 Å². The van der Waals surface area contributed by atoms with Crippen molar-refractivity contribution in [3.63, 3.8) is 0 Å². The first-order chi connectivity index (χ1) is 7.70. The number of rotatable bonds is 7. The largest absolute Gasteiger partial charge is 0.421 e. The third kappa shape index (κ3) is 4.45. The Bertz CT molecular complexity index is 288. The second-order valence-electron chi connectivity index (χ2n) is 3.87. The zero-order valence-corrected chi connectivity index (χ0v) is 11.3. The molecule has 4 heteroatoms. The molecule has 1 aromatic rings. The fourth-order valence-electron chi connectivity index (χ4n) is 1.48. The molecule has 1 N–H and O–H groups in total. The lowest BCUT2D eigenvalue weighted by atomic mass is 10.1. The van der Waals surface area contributed by atoms with E-state index in [1.807, 2.05) is 12.6 Å². The van der Waals surface area contributed by atoms with Gasteiger partial charge in [0, 0.05) is 14.2 Å². The van der Waals surface area contributed by atoms with E-state index < -0.39 is 8.72 Å². The molecule has 0 atom stereocenters. The van der Waals surface area contributed by atoms with Crippen LogP contribution in [0.5, 0.6) is 0 Å². The van der Waals surface area contributed by atoms with E-state index in [9.17, 15) is 0 Å². The Labute approximate surface area is 99.1 Å². The Hall–Kier alpha value is -0.683. The summed E-state index contributed by atoms with van der Waals surface area (Å²) in [4.78, 5) is 3.36. The molecule has 0 spiro atoms. The third-order valence-corrected chi connectivity index (χ3v) is 5.16. The van der Waals surface area contributed by atoms with Crippen LogP contribution in [0.15, 0.2) is 30.3 Å². The lowest BCUT2D eigenvalue weighted by Crippen LogP contribution is -2.52. The molecular weight excluding hydrogens is 218 g/mol. The van der Waals surface area contributed by atoms with Gasteiger partial charge in [0.15, 0.2) is 0 Å². The molecule has 1 rings (SSSR count). The van der Waals surface area contributed by atoms with Crippen molar-refractivity contribution in [3.05, 3.63) is 35.9 Å². The molecule has 16 heavy (non-hydrogen) atoms. The molecule has 3 nitrogen and oxygen atoms in total. The number of hydrogen-bond acceptors (Lipinski definition) is 3. The van der Waals surface area contributed by atoms with Crippen LogP contribution in [0, 0.1) is 0 Å². The van der Waals surface area contributed by atoms with Gasteiger partial charge in [0.05, 0.1) is 0 Å². The topological polar surface area (TPSA) is 30.5 Å². The maximum absolute atomic E-state index is 5.34. The third-order valence-electron chi connectivity index (χ3n) is 2.71. The van der Waals surface area contributed by atoms with Gasteiger partial charge in [0.2, 0.25) is 0 Å². The van der Waals surface area contributed by atoms with Crippen LogP contribution in [-0.4, -0.2) is 29.5 Å². The maximum Gasteiger partial charge on any atom is 0.421 e. The van der Waals surface area contributed by atoms with Crippen LogP contribution < -0.4 is 4.98 Å². The lowest BCUT2D eigenvalue weighted by Gasteiger charge is -2.23. The van der Waals surface area contributed by atoms with E-state index in [2.05, 4.69) is 29.2 Å².